The van der Waals surface area contributed by atoms with Gasteiger partial charge in [-0.15, -0.1) is 0 Å². The van der Waals surface area contributed by atoms with Crippen molar-refractivity contribution in [2.45, 2.75) is 50.9 Å². The first kappa shape index (κ1) is 17.2. The number of nitriles is 1. The van der Waals surface area contributed by atoms with Crippen molar-refractivity contribution in [1.29, 1.82) is 5.26 Å². The molecule has 4 nitrogen and oxygen atoms in total. The molecule has 1 heterocycles. The van der Waals surface area contributed by atoms with Crippen LogP contribution in [0, 0.1) is 35.0 Å². The van der Waals surface area contributed by atoms with Crippen LogP contribution in [0.1, 0.15) is 79.1 Å². The Balaban J connectivity index is 1.42. The smallest absolute Gasteiger partial charge is 0.258 e. The van der Waals surface area contributed by atoms with E-state index in [9.17, 15) is 4.79 Å². The van der Waals surface area contributed by atoms with Gasteiger partial charge in [-0.25, -0.2) is 4.98 Å². The summed E-state index contributed by atoms with van der Waals surface area (Å²) in [6, 6.07) is 9.89. The molecule has 0 aliphatic heterocycles. The second-order valence-electron chi connectivity index (χ2n) is 9.76. The quantitative estimate of drug-likeness (QED) is 0.815. The van der Waals surface area contributed by atoms with Gasteiger partial charge in [-0.2, -0.15) is 5.26 Å². The monoisotopic (exact) mass is 383 g/mol. The average molecular weight is 383 g/mol. The highest BCUT2D eigenvalue weighted by molar-refractivity contribution is 5.66. The highest BCUT2D eigenvalue weighted by atomic mass is 16.1. The topological polar surface area (TPSA) is 69.5 Å². The van der Waals surface area contributed by atoms with Gasteiger partial charge in [-0.1, -0.05) is 17.7 Å². The first-order valence-electron chi connectivity index (χ1n) is 10.9. The van der Waals surface area contributed by atoms with Gasteiger partial charge >= 0.3 is 0 Å². The molecule has 4 bridgehead atoms. The number of allylic oxidation sites excluding steroid dienone is 1. The minimum absolute atomic E-state index is 0.00861. The van der Waals surface area contributed by atoms with Crippen LogP contribution in [0.3, 0.4) is 0 Å². The molecule has 7 rings (SSSR count). The molecule has 0 amide bonds. The lowest BCUT2D eigenvalue weighted by atomic mass is 9.51. The highest BCUT2D eigenvalue weighted by Crippen LogP contribution is 2.59. The maximum Gasteiger partial charge on any atom is 0.258 e. The third kappa shape index (κ3) is 2.56. The standard InChI is InChI=1S/C25H25N3O/c1-13-6-20-23(21(13)17-4-2-14(12-26)3-5-17)27-24(28-25(20)29)22-18-8-15-7-16(10-18)11-19(22)9-15/h2-6,15-16,18-19,21-22H,7-11H2,1H3,(H,27,28,29). The summed E-state index contributed by atoms with van der Waals surface area (Å²) in [5.41, 5.74) is 4.52. The Kier molecular flexibility index (Phi) is 3.66. The molecular formula is C25H25N3O. The Morgan fingerprint density at radius 3 is 2.31 bits per heavy atom. The Morgan fingerprint density at radius 2 is 1.69 bits per heavy atom. The zero-order valence-corrected chi connectivity index (χ0v) is 16.7. The molecule has 0 spiro atoms. The van der Waals surface area contributed by atoms with Gasteiger partial charge in [-0.3, -0.25) is 4.79 Å². The molecule has 1 unspecified atom stereocenters. The van der Waals surface area contributed by atoms with Crippen LogP contribution in [0.4, 0.5) is 0 Å². The summed E-state index contributed by atoms with van der Waals surface area (Å²) in [6.45, 7) is 2.08. The first-order valence-corrected chi connectivity index (χ1v) is 10.9. The van der Waals surface area contributed by atoms with E-state index in [1.807, 2.05) is 30.3 Å². The van der Waals surface area contributed by atoms with Crippen LogP contribution in [0.5, 0.6) is 0 Å². The summed E-state index contributed by atoms with van der Waals surface area (Å²) in [5.74, 6) is 4.56. The minimum Gasteiger partial charge on any atom is -0.310 e. The van der Waals surface area contributed by atoms with Crippen molar-refractivity contribution in [2.75, 3.05) is 0 Å². The van der Waals surface area contributed by atoms with Crippen LogP contribution in [0.2, 0.25) is 0 Å². The molecule has 29 heavy (non-hydrogen) atoms. The van der Waals surface area contributed by atoms with E-state index < -0.39 is 0 Å². The van der Waals surface area contributed by atoms with Crippen LogP contribution < -0.4 is 5.56 Å². The summed E-state index contributed by atoms with van der Waals surface area (Å²) < 4.78 is 0. The minimum atomic E-state index is 0.00861. The summed E-state index contributed by atoms with van der Waals surface area (Å²) >= 11 is 0. The zero-order chi connectivity index (χ0) is 19.7. The van der Waals surface area contributed by atoms with Gasteiger partial charge in [0, 0.05) is 11.8 Å². The van der Waals surface area contributed by atoms with E-state index >= 15 is 0 Å². The van der Waals surface area contributed by atoms with E-state index in [1.165, 1.54) is 32.1 Å². The normalized spacial score (nSPS) is 34.0. The van der Waals surface area contributed by atoms with Crippen molar-refractivity contribution >= 4 is 6.08 Å². The number of H-pyrrole nitrogens is 1. The van der Waals surface area contributed by atoms with E-state index in [0.29, 0.717) is 28.9 Å². The Morgan fingerprint density at radius 1 is 1.03 bits per heavy atom. The maximum absolute atomic E-state index is 13.0. The van der Waals surface area contributed by atoms with Gasteiger partial charge in [0.1, 0.15) is 5.82 Å². The molecular weight excluding hydrogens is 358 g/mol. The second-order valence-corrected chi connectivity index (χ2v) is 9.76. The molecule has 1 aromatic carbocycles. The number of hydrogen-bond donors (Lipinski definition) is 1. The van der Waals surface area contributed by atoms with Crippen molar-refractivity contribution < 1.29 is 0 Å². The average Bonchev–Trinajstić information content (AvgIpc) is 3.04. The molecule has 4 fully saturated rings. The number of rotatable bonds is 2. The lowest BCUT2D eigenvalue weighted by Gasteiger charge is -2.54. The van der Waals surface area contributed by atoms with Crippen molar-refractivity contribution in [3.63, 3.8) is 0 Å². The second kappa shape index (κ2) is 6.16. The fourth-order valence-electron chi connectivity index (χ4n) is 7.10. The van der Waals surface area contributed by atoms with Gasteiger partial charge in [0.2, 0.25) is 0 Å². The Labute approximate surface area is 170 Å². The molecule has 1 aromatic heterocycles. The van der Waals surface area contributed by atoms with Gasteiger partial charge in [-0.05, 0) is 86.5 Å². The van der Waals surface area contributed by atoms with E-state index in [-0.39, 0.29) is 11.5 Å². The Bertz CT molecular complexity index is 1090. The predicted octanol–water partition coefficient (Wildman–Crippen LogP) is 4.73. The van der Waals surface area contributed by atoms with Crippen molar-refractivity contribution in [1.82, 2.24) is 9.97 Å². The third-order valence-electron chi connectivity index (χ3n) is 8.02. The van der Waals surface area contributed by atoms with Crippen LogP contribution in [-0.4, -0.2) is 9.97 Å². The van der Waals surface area contributed by atoms with Crippen molar-refractivity contribution in [2.24, 2.45) is 23.7 Å². The highest BCUT2D eigenvalue weighted by Gasteiger charge is 2.49. The Hall–Kier alpha value is -2.67. The van der Waals surface area contributed by atoms with Crippen LogP contribution >= 0.6 is 0 Å². The van der Waals surface area contributed by atoms with E-state index in [0.717, 1.165) is 34.5 Å². The summed E-state index contributed by atoms with van der Waals surface area (Å²) in [5, 5.41) is 9.10. The van der Waals surface area contributed by atoms with Gasteiger partial charge in [0.05, 0.1) is 22.9 Å². The molecule has 0 saturated heterocycles. The molecule has 1 atom stereocenters. The fourth-order valence-corrected chi connectivity index (χ4v) is 7.10. The number of aromatic amines is 1. The molecule has 5 aliphatic rings. The summed E-state index contributed by atoms with van der Waals surface area (Å²) in [4.78, 5) is 21.3. The predicted molar refractivity (Wildman–Crippen MR) is 111 cm³/mol. The molecule has 0 radical (unpaired) electrons. The lowest BCUT2D eigenvalue weighted by molar-refractivity contribution is -0.00579. The van der Waals surface area contributed by atoms with Gasteiger partial charge < -0.3 is 4.98 Å². The third-order valence-corrected chi connectivity index (χ3v) is 8.02. The van der Waals surface area contributed by atoms with Crippen molar-refractivity contribution in [3.8, 4) is 6.07 Å². The lowest BCUT2D eigenvalue weighted by Crippen LogP contribution is -2.44. The largest absolute Gasteiger partial charge is 0.310 e. The number of hydrogen-bond acceptors (Lipinski definition) is 3. The molecule has 1 N–H and O–H groups in total. The van der Waals surface area contributed by atoms with Gasteiger partial charge in [0.15, 0.2) is 0 Å². The molecule has 2 aromatic rings. The van der Waals surface area contributed by atoms with Crippen LogP contribution in [0.15, 0.2) is 34.6 Å². The molecule has 4 heteroatoms. The SMILES string of the molecule is CC1=Cc2c(nc(C3C4CC5CC(C4)CC3C5)[nH]c2=O)C1c1ccc(C#N)cc1. The fraction of sp³-hybridized carbons (Fsp3) is 0.480. The van der Waals surface area contributed by atoms with E-state index in [4.69, 9.17) is 10.2 Å². The van der Waals surface area contributed by atoms with E-state index in [2.05, 4.69) is 18.0 Å². The van der Waals surface area contributed by atoms with E-state index in [1.54, 1.807) is 0 Å². The summed E-state index contributed by atoms with van der Waals surface area (Å²) in [7, 11) is 0. The number of nitrogens with zero attached hydrogens (tertiary/aromatic N) is 2. The number of fused-ring (bicyclic) bond motifs is 1. The zero-order valence-electron chi connectivity index (χ0n) is 16.7. The molecule has 146 valence electrons. The van der Waals surface area contributed by atoms with Crippen LogP contribution in [-0.2, 0) is 0 Å². The molecule has 5 aliphatic carbocycles. The first-order chi connectivity index (χ1) is 14.1. The number of benzene rings is 1. The molecule has 4 saturated carbocycles. The maximum atomic E-state index is 13.0. The van der Waals surface area contributed by atoms with Crippen LogP contribution in [0.25, 0.3) is 6.08 Å². The number of nitrogens with one attached hydrogen (secondary N) is 1. The van der Waals surface area contributed by atoms with Crippen molar-refractivity contribution in [3.05, 3.63) is 68.4 Å². The number of aromatic nitrogens is 2. The summed E-state index contributed by atoms with van der Waals surface area (Å²) in [6.07, 6.45) is 8.68. The van der Waals surface area contributed by atoms with Gasteiger partial charge in [0.25, 0.3) is 5.56 Å².